The molecule has 0 spiro atoms. The number of hydrogen-bond donors (Lipinski definition) is 6. The molecule has 3 heterocycles. The van der Waals surface area contributed by atoms with Gasteiger partial charge in [-0.05, 0) is 4.92 Å². The van der Waals surface area contributed by atoms with E-state index in [0.29, 0.717) is 0 Å². The highest BCUT2D eigenvalue weighted by molar-refractivity contribution is 6.09. The highest BCUT2D eigenvalue weighted by Gasteiger charge is 2.22. The molecule has 0 radical (unpaired) electrons. The molecule has 3 aromatic heterocycles. The second-order valence-electron chi connectivity index (χ2n) is 7.44. The first-order valence-corrected chi connectivity index (χ1v) is 11.1. The van der Waals surface area contributed by atoms with Gasteiger partial charge in [0.05, 0.1) is 39.1 Å². The number of ether oxygens (including phenoxy) is 3. The summed E-state index contributed by atoms with van der Waals surface area (Å²) in [7, 11) is 0. The number of aliphatic carboxylic acids is 1. The number of carboxylic acid groups (broad SMARTS) is 1. The van der Waals surface area contributed by atoms with Crippen molar-refractivity contribution < 1.29 is 43.4 Å². The maximum absolute atomic E-state index is 12.4. The Kier molecular flexibility index (Phi) is 10.3. The SMILES string of the molecule is O=C(O)COCCOCCOCCNC(=O)c1cc(NC(=O)c2cc(C(=O)c3cc([N+](=O)[O-])[nH]n3)n[nH]2)n[nH]1. The Hall–Kier alpha value is -5.01. The summed E-state index contributed by atoms with van der Waals surface area (Å²) in [5.41, 5.74) is -0.481. The Labute approximate surface area is 217 Å². The van der Waals surface area contributed by atoms with Gasteiger partial charge in [0.1, 0.15) is 23.7 Å². The van der Waals surface area contributed by atoms with Crippen LogP contribution in [0.1, 0.15) is 37.2 Å². The lowest BCUT2D eigenvalue weighted by Crippen LogP contribution is -2.28. The molecule has 0 saturated carbocycles. The van der Waals surface area contributed by atoms with Gasteiger partial charge >= 0.3 is 11.8 Å². The second kappa shape index (κ2) is 14.1. The molecule has 0 bridgehead atoms. The van der Waals surface area contributed by atoms with Crippen LogP contribution in [0.5, 0.6) is 0 Å². The number of carboxylic acids is 1. The van der Waals surface area contributed by atoms with Crippen LogP contribution in [-0.4, -0.2) is 110 Å². The Balaban J connectivity index is 1.36. The van der Waals surface area contributed by atoms with Gasteiger partial charge in [-0.3, -0.25) is 24.6 Å². The summed E-state index contributed by atoms with van der Waals surface area (Å²) in [5, 5.41) is 42.2. The molecule has 19 heteroatoms. The number of anilines is 1. The fourth-order valence-corrected chi connectivity index (χ4v) is 2.82. The van der Waals surface area contributed by atoms with Crippen LogP contribution in [0.15, 0.2) is 18.2 Å². The molecule has 3 aromatic rings. The van der Waals surface area contributed by atoms with Crippen molar-refractivity contribution in [3.8, 4) is 0 Å². The number of H-pyrrole nitrogens is 3. The summed E-state index contributed by atoms with van der Waals surface area (Å²) in [6.45, 7) is 0.909. The van der Waals surface area contributed by atoms with Crippen molar-refractivity contribution in [2.75, 3.05) is 51.5 Å². The second-order valence-corrected chi connectivity index (χ2v) is 7.44. The summed E-state index contributed by atoms with van der Waals surface area (Å²) >= 11 is 0. The number of nitrogens with zero attached hydrogens (tertiary/aromatic N) is 4. The minimum Gasteiger partial charge on any atom is -0.480 e. The van der Waals surface area contributed by atoms with Gasteiger partial charge in [0.25, 0.3) is 11.8 Å². The molecule has 0 atom stereocenters. The molecular formula is C20H23N9O10. The molecule has 2 amide bonds. The van der Waals surface area contributed by atoms with Gasteiger partial charge in [-0.25, -0.2) is 4.79 Å². The molecule has 19 nitrogen and oxygen atoms in total. The zero-order valence-electron chi connectivity index (χ0n) is 20.1. The molecular weight excluding hydrogens is 526 g/mol. The first-order valence-electron chi connectivity index (χ1n) is 11.1. The summed E-state index contributed by atoms with van der Waals surface area (Å²) in [4.78, 5) is 57.3. The third kappa shape index (κ3) is 8.80. The van der Waals surface area contributed by atoms with Crippen LogP contribution < -0.4 is 10.6 Å². The maximum Gasteiger partial charge on any atom is 0.343 e. The van der Waals surface area contributed by atoms with Crippen molar-refractivity contribution in [1.82, 2.24) is 35.9 Å². The van der Waals surface area contributed by atoms with Crippen molar-refractivity contribution in [1.29, 1.82) is 0 Å². The zero-order chi connectivity index (χ0) is 28.2. The number of aromatic nitrogens is 6. The molecule has 39 heavy (non-hydrogen) atoms. The largest absolute Gasteiger partial charge is 0.480 e. The first-order chi connectivity index (χ1) is 18.7. The number of rotatable bonds is 17. The molecule has 0 unspecified atom stereocenters. The predicted octanol–water partition coefficient (Wildman–Crippen LogP) is -0.888. The highest BCUT2D eigenvalue weighted by atomic mass is 16.6. The highest BCUT2D eigenvalue weighted by Crippen LogP contribution is 2.13. The molecule has 6 N–H and O–H groups in total. The minimum absolute atomic E-state index is 0.0243. The smallest absolute Gasteiger partial charge is 0.343 e. The third-order valence-electron chi connectivity index (χ3n) is 4.61. The average molecular weight is 549 g/mol. The lowest BCUT2D eigenvalue weighted by atomic mass is 10.2. The van der Waals surface area contributed by atoms with E-state index in [1.54, 1.807) is 0 Å². The Morgan fingerprint density at radius 3 is 2.15 bits per heavy atom. The van der Waals surface area contributed by atoms with E-state index in [0.717, 1.165) is 12.1 Å². The standard InChI is InChI=1S/C20H23N9O10/c30-17(31)10-39-6-5-38-4-3-37-2-1-21-19(33)14-8-15(27-26-14)22-20(34)13-7-11(23-25-13)18(32)12-9-16(28-24-12)29(35)36/h7-9H,1-6,10H2,(H,21,33)(H,23,25)(H,24,28)(H,30,31)(H2,22,26,27,34). The van der Waals surface area contributed by atoms with E-state index >= 15 is 0 Å². The number of carbonyl (C=O) groups is 4. The van der Waals surface area contributed by atoms with Crippen molar-refractivity contribution in [3.05, 3.63) is 51.1 Å². The van der Waals surface area contributed by atoms with Crippen molar-refractivity contribution >= 4 is 35.2 Å². The molecule has 0 saturated heterocycles. The minimum atomic E-state index is -1.06. The van der Waals surface area contributed by atoms with Gasteiger partial charge in [0, 0.05) is 18.7 Å². The monoisotopic (exact) mass is 549 g/mol. The van der Waals surface area contributed by atoms with E-state index in [-0.39, 0.29) is 74.8 Å². The molecule has 0 fully saturated rings. The topological polar surface area (TPSA) is 269 Å². The van der Waals surface area contributed by atoms with Crippen molar-refractivity contribution in [2.24, 2.45) is 0 Å². The van der Waals surface area contributed by atoms with Crippen LogP contribution in [0.3, 0.4) is 0 Å². The van der Waals surface area contributed by atoms with E-state index in [4.69, 9.17) is 19.3 Å². The third-order valence-corrected chi connectivity index (χ3v) is 4.61. The van der Waals surface area contributed by atoms with E-state index in [1.165, 1.54) is 6.07 Å². The summed E-state index contributed by atoms with van der Waals surface area (Å²) < 4.78 is 15.3. The summed E-state index contributed by atoms with van der Waals surface area (Å²) in [6, 6.07) is 3.37. The summed E-state index contributed by atoms with van der Waals surface area (Å²) in [5.74, 6) is -3.46. The number of nitro groups is 1. The Bertz CT molecular complexity index is 1310. The quantitative estimate of drug-likeness (QED) is 0.0517. The van der Waals surface area contributed by atoms with E-state index in [9.17, 15) is 29.3 Å². The van der Waals surface area contributed by atoms with Crippen molar-refractivity contribution in [3.63, 3.8) is 0 Å². The van der Waals surface area contributed by atoms with Crippen molar-refractivity contribution in [2.45, 2.75) is 0 Å². The maximum atomic E-state index is 12.4. The zero-order valence-corrected chi connectivity index (χ0v) is 20.1. The Morgan fingerprint density at radius 2 is 1.46 bits per heavy atom. The van der Waals surface area contributed by atoms with Gasteiger partial charge in [0.2, 0.25) is 5.78 Å². The van der Waals surface area contributed by atoms with Crippen LogP contribution in [0, 0.1) is 10.1 Å². The van der Waals surface area contributed by atoms with Gasteiger partial charge in [0.15, 0.2) is 11.5 Å². The first kappa shape index (κ1) is 28.6. The normalized spacial score (nSPS) is 10.8. The molecule has 0 aliphatic carbocycles. The van der Waals surface area contributed by atoms with Crippen LogP contribution in [0.2, 0.25) is 0 Å². The molecule has 3 rings (SSSR count). The summed E-state index contributed by atoms with van der Waals surface area (Å²) in [6.07, 6.45) is 0. The fourth-order valence-electron chi connectivity index (χ4n) is 2.82. The van der Waals surface area contributed by atoms with E-state index in [2.05, 4.69) is 41.2 Å². The number of amides is 2. The van der Waals surface area contributed by atoms with Crippen LogP contribution >= 0.6 is 0 Å². The predicted molar refractivity (Wildman–Crippen MR) is 126 cm³/mol. The van der Waals surface area contributed by atoms with Crippen LogP contribution in [-0.2, 0) is 19.0 Å². The number of carbonyl (C=O) groups excluding carboxylic acids is 3. The lowest BCUT2D eigenvalue weighted by Gasteiger charge is -2.06. The number of aromatic amines is 3. The van der Waals surface area contributed by atoms with E-state index in [1.807, 2.05) is 0 Å². The van der Waals surface area contributed by atoms with Crippen LogP contribution in [0.4, 0.5) is 11.6 Å². The fraction of sp³-hybridized carbons (Fsp3) is 0.350. The molecule has 0 aromatic carbocycles. The van der Waals surface area contributed by atoms with Gasteiger partial charge < -0.3 is 40.1 Å². The van der Waals surface area contributed by atoms with Gasteiger partial charge in [-0.15, -0.1) is 5.10 Å². The molecule has 0 aliphatic rings. The van der Waals surface area contributed by atoms with Gasteiger partial charge in [-0.2, -0.15) is 10.2 Å². The van der Waals surface area contributed by atoms with E-state index < -0.39 is 34.3 Å². The Morgan fingerprint density at radius 1 is 0.846 bits per heavy atom. The molecule has 208 valence electrons. The molecule has 0 aliphatic heterocycles. The van der Waals surface area contributed by atoms with Crippen LogP contribution in [0.25, 0.3) is 0 Å². The number of nitrogens with one attached hydrogen (secondary N) is 5. The number of ketones is 1. The average Bonchev–Trinajstić information content (AvgIpc) is 3.67. The van der Waals surface area contributed by atoms with Gasteiger partial charge in [-0.1, -0.05) is 5.10 Å². The number of hydrogen-bond acceptors (Lipinski definition) is 12. The lowest BCUT2D eigenvalue weighted by molar-refractivity contribution is -0.389.